The highest BCUT2D eigenvalue weighted by molar-refractivity contribution is 7.20. The number of carbonyl (C=O) groups is 4. The summed E-state index contributed by atoms with van der Waals surface area (Å²) in [4.78, 5) is 66.5. The van der Waals surface area contributed by atoms with Crippen LogP contribution in [-0.4, -0.2) is 81.4 Å². The van der Waals surface area contributed by atoms with Gasteiger partial charge in [-0.25, -0.2) is 4.98 Å². The zero-order valence-electron chi connectivity index (χ0n) is 23.9. The zero-order valence-corrected chi connectivity index (χ0v) is 24.7. The van der Waals surface area contributed by atoms with Crippen LogP contribution in [0.4, 0.5) is 0 Å². The molecule has 42 heavy (non-hydrogen) atoms. The van der Waals surface area contributed by atoms with Gasteiger partial charge >= 0.3 is 0 Å². The number of rotatable bonds is 10. The van der Waals surface area contributed by atoms with E-state index in [1.807, 2.05) is 37.3 Å². The van der Waals surface area contributed by atoms with E-state index in [0.717, 1.165) is 10.2 Å². The van der Waals surface area contributed by atoms with Crippen molar-refractivity contribution in [1.29, 1.82) is 0 Å². The van der Waals surface area contributed by atoms with Crippen LogP contribution < -0.4 is 11.1 Å². The number of benzene rings is 2. The first-order valence-corrected chi connectivity index (χ1v) is 15.2. The second-order valence-electron chi connectivity index (χ2n) is 10.8. The molecule has 0 radical (unpaired) electrons. The highest BCUT2D eigenvalue weighted by atomic mass is 32.1. The van der Waals surface area contributed by atoms with Crippen LogP contribution in [0.15, 0.2) is 59.6 Å². The van der Waals surface area contributed by atoms with Crippen LogP contribution in [-0.2, 0) is 9.59 Å². The molecular weight excluding hydrogens is 552 g/mol. The average molecular weight is 589 g/mol. The van der Waals surface area contributed by atoms with Crippen molar-refractivity contribution < 1.29 is 19.2 Å². The number of nitrogens with one attached hydrogen (secondary N) is 1. The number of amidine groups is 1. The van der Waals surface area contributed by atoms with Gasteiger partial charge in [0.1, 0.15) is 12.1 Å². The molecule has 3 aromatic rings. The lowest BCUT2D eigenvalue weighted by Gasteiger charge is -2.44. The third-order valence-electron chi connectivity index (χ3n) is 7.95. The summed E-state index contributed by atoms with van der Waals surface area (Å²) in [5, 5.41) is 3.29. The maximum atomic E-state index is 13.8. The number of nitrogens with two attached hydrogens (primary N) is 1. The molecule has 0 aliphatic carbocycles. The van der Waals surface area contributed by atoms with E-state index in [1.54, 1.807) is 41.0 Å². The maximum absolute atomic E-state index is 13.8. The summed E-state index contributed by atoms with van der Waals surface area (Å²) in [7, 11) is 0. The number of hydrogen-bond acceptors (Lipinski definition) is 7. The first-order chi connectivity index (χ1) is 20.3. The second-order valence-corrected chi connectivity index (χ2v) is 11.8. The first-order valence-electron chi connectivity index (χ1n) is 14.4. The van der Waals surface area contributed by atoms with Crippen LogP contribution in [0, 0.1) is 0 Å². The predicted octanol–water partition coefficient (Wildman–Crippen LogP) is 3.42. The number of Topliss-reactive ketones (excluding diaryl/α,β-unsaturated/α-hetero) is 1. The van der Waals surface area contributed by atoms with Gasteiger partial charge in [-0.3, -0.25) is 24.2 Å². The van der Waals surface area contributed by atoms with Crippen LogP contribution in [0.3, 0.4) is 0 Å². The molecule has 4 unspecified atom stereocenters. The summed E-state index contributed by atoms with van der Waals surface area (Å²) in [5.74, 6) is -0.568. The number of piperazine rings is 1. The van der Waals surface area contributed by atoms with E-state index in [9.17, 15) is 19.2 Å². The van der Waals surface area contributed by atoms with Crippen LogP contribution in [0.25, 0.3) is 10.2 Å². The number of ketones is 1. The molecule has 2 aliphatic rings. The topological polar surface area (TPSA) is 138 Å². The molecule has 4 atom stereocenters. The number of fused-ring (bicyclic) bond motifs is 2. The Morgan fingerprint density at radius 1 is 1.12 bits per heavy atom. The van der Waals surface area contributed by atoms with Gasteiger partial charge in [0, 0.05) is 18.7 Å². The van der Waals surface area contributed by atoms with Crippen molar-refractivity contribution in [3.8, 4) is 0 Å². The number of nitrogens with zero attached hydrogens (tertiary/aromatic N) is 4. The number of para-hydroxylation sites is 1. The van der Waals surface area contributed by atoms with E-state index in [-0.39, 0.29) is 29.5 Å². The minimum absolute atomic E-state index is 0.180. The monoisotopic (exact) mass is 588 g/mol. The largest absolute Gasteiger partial charge is 0.388 e. The fourth-order valence-corrected chi connectivity index (χ4v) is 6.85. The standard InChI is InChI=1S/C31H36N6O4S/c1-3-24-31(41)37-21(18-36(24)30(40)20-10-5-4-6-11-20)15-16-25(37)28(39)34-23(13-9-17-33-19(2)32)27(38)29-35-22-12-7-8-14-26(22)42-29/h4-8,10-12,14,21,23-25H,3,9,13,15-18H2,1-2H3,(H2,32,33)(H,34,39). The van der Waals surface area contributed by atoms with Gasteiger partial charge < -0.3 is 20.9 Å². The van der Waals surface area contributed by atoms with Gasteiger partial charge in [-0.1, -0.05) is 37.3 Å². The molecule has 10 nitrogen and oxygen atoms in total. The van der Waals surface area contributed by atoms with E-state index in [2.05, 4.69) is 15.3 Å². The van der Waals surface area contributed by atoms with Crippen molar-refractivity contribution >= 4 is 50.9 Å². The SMILES string of the molecule is CCC1C(=O)N2C(CCC2C(=O)NC(CCCN=C(C)N)C(=O)c2nc3ccccc3s2)CN1C(=O)c1ccccc1. The fourth-order valence-electron chi connectivity index (χ4n) is 5.89. The summed E-state index contributed by atoms with van der Waals surface area (Å²) in [6.07, 6.45) is 2.40. The molecule has 2 fully saturated rings. The average Bonchev–Trinajstić information content (AvgIpc) is 3.63. The highest BCUT2D eigenvalue weighted by Crippen LogP contribution is 2.33. The molecule has 0 saturated carbocycles. The molecule has 2 aliphatic heterocycles. The molecule has 3 N–H and O–H groups in total. The van der Waals surface area contributed by atoms with Crippen molar-refractivity contribution in [2.24, 2.45) is 10.7 Å². The molecule has 2 aromatic carbocycles. The Balaban J connectivity index is 1.33. The predicted molar refractivity (Wildman–Crippen MR) is 162 cm³/mol. The summed E-state index contributed by atoms with van der Waals surface area (Å²) < 4.78 is 0.895. The number of aliphatic imine (C=N–C) groups is 1. The Morgan fingerprint density at radius 2 is 1.86 bits per heavy atom. The van der Waals surface area contributed by atoms with Gasteiger partial charge in [-0.05, 0) is 63.3 Å². The maximum Gasteiger partial charge on any atom is 0.254 e. The van der Waals surface area contributed by atoms with Crippen molar-refractivity contribution in [3.05, 3.63) is 65.2 Å². The summed E-state index contributed by atoms with van der Waals surface area (Å²) in [6.45, 7) is 4.38. The minimum atomic E-state index is -0.816. The Kier molecular flexibility index (Phi) is 8.96. The summed E-state index contributed by atoms with van der Waals surface area (Å²) >= 11 is 1.30. The Labute approximate surface area is 249 Å². The molecule has 11 heteroatoms. The number of hydrogen-bond donors (Lipinski definition) is 2. The van der Waals surface area contributed by atoms with Crippen LogP contribution in [0.5, 0.6) is 0 Å². The van der Waals surface area contributed by atoms with Crippen LogP contribution >= 0.6 is 11.3 Å². The molecule has 3 amide bonds. The Morgan fingerprint density at radius 3 is 2.57 bits per heavy atom. The van der Waals surface area contributed by atoms with Gasteiger partial charge in [-0.15, -0.1) is 11.3 Å². The fraction of sp³-hybridized carbons (Fsp3) is 0.419. The summed E-state index contributed by atoms with van der Waals surface area (Å²) in [6, 6.07) is 14.0. The van der Waals surface area contributed by atoms with Crippen molar-refractivity contribution in [2.45, 2.75) is 70.1 Å². The normalized spacial score (nSPS) is 21.3. The Bertz CT molecular complexity index is 1470. The highest BCUT2D eigenvalue weighted by Gasteiger charge is 2.50. The van der Waals surface area contributed by atoms with Gasteiger partial charge in [0.2, 0.25) is 17.6 Å². The molecule has 220 valence electrons. The van der Waals surface area contributed by atoms with E-state index in [1.165, 1.54) is 11.3 Å². The van der Waals surface area contributed by atoms with Crippen molar-refractivity contribution in [1.82, 2.24) is 20.1 Å². The van der Waals surface area contributed by atoms with E-state index in [0.29, 0.717) is 61.6 Å². The lowest BCUT2D eigenvalue weighted by Crippen LogP contribution is -2.64. The number of thiazole rings is 1. The molecular formula is C31H36N6O4S. The smallest absolute Gasteiger partial charge is 0.254 e. The van der Waals surface area contributed by atoms with Gasteiger partial charge in [0.05, 0.1) is 28.1 Å². The minimum Gasteiger partial charge on any atom is -0.388 e. The second kappa shape index (κ2) is 12.8. The van der Waals surface area contributed by atoms with Crippen molar-refractivity contribution in [3.63, 3.8) is 0 Å². The number of carbonyl (C=O) groups excluding carboxylic acids is 4. The Hall–Kier alpha value is -4.12. The van der Waals surface area contributed by atoms with Gasteiger partial charge in [0.25, 0.3) is 5.91 Å². The summed E-state index contributed by atoms with van der Waals surface area (Å²) in [5.41, 5.74) is 6.94. The van der Waals surface area contributed by atoms with E-state index < -0.39 is 18.1 Å². The molecule has 1 aromatic heterocycles. The molecule has 0 bridgehead atoms. The van der Waals surface area contributed by atoms with Crippen molar-refractivity contribution in [2.75, 3.05) is 13.1 Å². The zero-order chi connectivity index (χ0) is 29.8. The molecule has 0 spiro atoms. The third kappa shape index (κ3) is 6.06. The van der Waals surface area contributed by atoms with Gasteiger partial charge in [0.15, 0.2) is 5.01 Å². The number of aromatic nitrogens is 1. The van der Waals surface area contributed by atoms with E-state index in [4.69, 9.17) is 5.73 Å². The first kappa shape index (κ1) is 29.4. The van der Waals surface area contributed by atoms with E-state index >= 15 is 0 Å². The number of amides is 3. The lowest BCUT2D eigenvalue weighted by atomic mass is 10.0. The lowest BCUT2D eigenvalue weighted by molar-refractivity contribution is -0.149. The molecule has 5 rings (SSSR count). The molecule has 2 saturated heterocycles. The van der Waals surface area contributed by atoms with Gasteiger partial charge in [-0.2, -0.15) is 0 Å². The third-order valence-corrected chi connectivity index (χ3v) is 9.00. The molecule has 3 heterocycles. The van der Waals surface area contributed by atoms with Crippen LogP contribution in [0.1, 0.15) is 66.1 Å². The quantitative estimate of drug-likeness (QED) is 0.161. The van der Waals surface area contributed by atoms with Crippen LogP contribution in [0.2, 0.25) is 0 Å².